The lowest BCUT2D eigenvalue weighted by Crippen LogP contribution is -2.27. The fourth-order valence-corrected chi connectivity index (χ4v) is 2.55. The number of nitrogens with zero attached hydrogens (tertiary/aromatic N) is 2. The molecular formula is C9H7Cl2FN2O3S. The van der Waals surface area contributed by atoms with E-state index in [0.29, 0.717) is 0 Å². The third kappa shape index (κ3) is 2.57. The Labute approximate surface area is 113 Å². The molecule has 9 heteroatoms. The summed E-state index contributed by atoms with van der Waals surface area (Å²) in [4.78, 5) is 16.5. The standard InChI is InChI=1S/C9H7Cl2FN2O3S/c10-6-2-8(13-3-7(6)11)14-4-5(1-9(14)15)18(12,16)17/h2-3,5H,1,4H2. The highest BCUT2D eigenvalue weighted by atomic mass is 35.5. The number of hydrogen-bond donors (Lipinski definition) is 0. The Morgan fingerprint density at radius 3 is 2.56 bits per heavy atom. The number of rotatable bonds is 2. The van der Waals surface area contributed by atoms with Crippen LogP contribution < -0.4 is 4.90 Å². The predicted molar refractivity (Wildman–Crippen MR) is 65.0 cm³/mol. The minimum Gasteiger partial charge on any atom is -0.295 e. The highest BCUT2D eigenvalue weighted by molar-refractivity contribution is 7.87. The smallest absolute Gasteiger partial charge is 0.295 e. The first-order valence-corrected chi connectivity index (χ1v) is 7.04. The molecule has 0 aromatic carbocycles. The summed E-state index contributed by atoms with van der Waals surface area (Å²) in [6.45, 7) is -0.275. The van der Waals surface area contributed by atoms with Crippen molar-refractivity contribution in [3.63, 3.8) is 0 Å². The third-order valence-electron chi connectivity index (χ3n) is 2.56. The highest BCUT2D eigenvalue weighted by Gasteiger charge is 2.39. The number of anilines is 1. The summed E-state index contributed by atoms with van der Waals surface area (Å²) in [5.74, 6) is -0.368. The van der Waals surface area contributed by atoms with Crippen LogP contribution in [0.4, 0.5) is 9.70 Å². The molecular weight excluding hydrogens is 306 g/mol. The van der Waals surface area contributed by atoms with Crippen LogP contribution in [0.15, 0.2) is 12.3 Å². The van der Waals surface area contributed by atoms with Crippen molar-refractivity contribution in [1.29, 1.82) is 0 Å². The number of pyridine rings is 1. The molecule has 1 aromatic rings. The Bertz CT molecular complexity index is 608. The number of carbonyl (C=O) groups excluding carboxylic acids is 1. The van der Waals surface area contributed by atoms with Crippen LogP contribution in [0, 0.1) is 0 Å². The molecule has 1 atom stereocenters. The number of halogens is 3. The van der Waals surface area contributed by atoms with Crippen LogP contribution in [-0.2, 0) is 15.0 Å². The van der Waals surface area contributed by atoms with Crippen molar-refractivity contribution in [3.05, 3.63) is 22.3 Å². The minimum atomic E-state index is -4.74. The molecule has 0 N–H and O–H groups in total. The van der Waals surface area contributed by atoms with E-state index < -0.39 is 27.8 Å². The van der Waals surface area contributed by atoms with Gasteiger partial charge in [0.1, 0.15) is 11.1 Å². The van der Waals surface area contributed by atoms with Gasteiger partial charge in [0, 0.05) is 25.2 Å². The largest absolute Gasteiger partial charge is 0.307 e. The van der Waals surface area contributed by atoms with Crippen LogP contribution in [0.1, 0.15) is 6.42 Å². The summed E-state index contributed by atoms with van der Waals surface area (Å²) in [6, 6.07) is 1.33. The van der Waals surface area contributed by atoms with E-state index in [0.717, 1.165) is 4.90 Å². The van der Waals surface area contributed by atoms with E-state index in [4.69, 9.17) is 23.2 Å². The van der Waals surface area contributed by atoms with E-state index in [1.54, 1.807) is 0 Å². The fraction of sp³-hybridized carbons (Fsp3) is 0.333. The van der Waals surface area contributed by atoms with Crippen LogP contribution in [0.5, 0.6) is 0 Å². The summed E-state index contributed by atoms with van der Waals surface area (Å²) in [5.41, 5.74) is 0. The zero-order valence-corrected chi connectivity index (χ0v) is 11.1. The molecule has 2 rings (SSSR count). The average molecular weight is 313 g/mol. The SMILES string of the molecule is O=C1CC(S(=O)(=O)F)CN1c1cc(Cl)c(Cl)cn1. The molecule has 1 aromatic heterocycles. The lowest BCUT2D eigenvalue weighted by Gasteiger charge is -2.15. The quantitative estimate of drug-likeness (QED) is 0.781. The van der Waals surface area contributed by atoms with Gasteiger partial charge in [0.2, 0.25) is 5.91 Å². The average Bonchev–Trinajstić information content (AvgIpc) is 2.64. The van der Waals surface area contributed by atoms with Gasteiger partial charge in [0.25, 0.3) is 0 Å². The third-order valence-corrected chi connectivity index (χ3v) is 4.38. The van der Waals surface area contributed by atoms with Crippen molar-refractivity contribution in [3.8, 4) is 0 Å². The lowest BCUT2D eigenvalue weighted by atomic mass is 10.4. The summed E-state index contributed by atoms with van der Waals surface area (Å²) >= 11 is 11.4. The molecule has 2 heterocycles. The normalized spacial score (nSPS) is 20.5. The predicted octanol–water partition coefficient (Wildman–Crippen LogP) is 1.79. The maximum atomic E-state index is 12.8. The summed E-state index contributed by atoms with van der Waals surface area (Å²) in [6.07, 6.45) is 0.838. The van der Waals surface area contributed by atoms with Gasteiger partial charge < -0.3 is 0 Å². The summed E-state index contributed by atoms with van der Waals surface area (Å²) < 4.78 is 34.4. The van der Waals surface area contributed by atoms with E-state index in [1.807, 2.05) is 0 Å². The van der Waals surface area contributed by atoms with Crippen LogP contribution in [0.3, 0.4) is 0 Å². The van der Waals surface area contributed by atoms with Gasteiger partial charge in [0.05, 0.1) is 10.0 Å². The second-order valence-electron chi connectivity index (χ2n) is 3.76. The number of carbonyl (C=O) groups is 1. The van der Waals surface area contributed by atoms with Crippen molar-refractivity contribution in [2.45, 2.75) is 11.7 Å². The number of hydrogen-bond acceptors (Lipinski definition) is 4. The van der Waals surface area contributed by atoms with E-state index in [2.05, 4.69) is 4.98 Å². The van der Waals surface area contributed by atoms with Gasteiger partial charge in [-0.15, -0.1) is 3.89 Å². The Balaban J connectivity index is 2.30. The summed E-state index contributed by atoms with van der Waals surface area (Å²) in [7, 11) is -4.74. The maximum absolute atomic E-state index is 12.8. The molecule has 1 aliphatic rings. The molecule has 1 unspecified atom stereocenters. The van der Waals surface area contributed by atoms with Crippen LogP contribution >= 0.6 is 23.2 Å². The van der Waals surface area contributed by atoms with Gasteiger partial charge in [-0.2, -0.15) is 8.42 Å². The van der Waals surface area contributed by atoms with Crippen LogP contribution in [-0.4, -0.2) is 31.1 Å². The number of aromatic nitrogens is 1. The molecule has 1 saturated heterocycles. The van der Waals surface area contributed by atoms with E-state index in [9.17, 15) is 17.1 Å². The van der Waals surface area contributed by atoms with Gasteiger partial charge >= 0.3 is 10.2 Å². The van der Waals surface area contributed by atoms with Gasteiger partial charge in [-0.3, -0.25) is 9.69 Å². The first kappa shape index (κ1) is 13.5. The zero-order valence-electron chi connectivity index (χ0n) is 8.81. The molecule has 98 valence electrons. The molecule has 5 nitrogen and oxygen atoms in total. The fourth-order valence-electron chi connectivity index (χ4n) is 1.64. The van der Waals surface area contributed by atoms with E-state index in [1.165, 1.54) is 12.3 Å². The molecule has 1 fully saturated rings. The van der Waals surface area contributed by atoms with Crippen LogP contribution in [0.25, 0.3) is 0 Å². The van der Waals surface area contributed by atoms with Gasteiger partial charge in [-0.1, -0.05) is 23.2 Å². The molecule has 0 aliphatic carbocycles. The second kappa shape index (κ2) is 4.64. The maximum Gasteiger partial charge on any atom is 0.307 e. The molecule has 1 amide bonds. The Morgan fingerprint density at radius 2 is 2.06 bits per heavy atom. The molecule has 0 spiro atoms. The Kier molecular flexibility index (Phi) is 3.48. The number of amides is 1. The van der Waals surface area contributed by atoms with Gasteiger partial charge in [-0.25, -0.2) is 4.98 Å². The van der Waals surface area contributed by atoms with Crippen molar-refractivity contribution in [1.82, 2.24) is 4.98 Å². The van der Waals surface area contributed by atoms with Gasteiger partial charge in [0.15, 0.2) is 0 Å². The topological polar surface area (TPSA) is 67.3 Å². The minimum absolute atomic E-state index is 0.153. The van der Waals surface area contributed by atoms with Crippen molar-refractivity contribution < 1.29 is 17.1 Å². The second-order valence-corrected chi connectivity index (χ2v) is 6.19. The molecule has 0 radical (unpaired) electrons. The van der Waals surface area contributed by atoms with Crippen molar-refractivity contribution in [2.75, 3.05) is 11.4 Å². The monoisotopic (exact) mass is 312 g/mol. The van der Waals surface area contributed by atoms with Crippen molar-refractivity contribution in [2.24, 2.45) is 0 Å². The zero-order chi connectivity index (χ0) is 13.5. The lowest BCUT2D eigenvalue weighted by molar-refractivity contribution is -0.117. The molecule has 0 bridgehead atoms. The first-order chi connectivity index (χ1) is 8.29. The summed E-state index contributed by atoms with van der Waals surface area (Å²) in [5, 5.41) is -0.969. The molecule has 18 heavy (non-hydrogen) atoms. The Morgan fingerprint density at radius 1 is 1.39 bits per heavy atom. The molecule has 1 aliphatic heterocycles. The highest BCUT2D eigenvalue weighted by Crippen LogP contribution is 2.29. The van der Waals surface area contributed by atoms with E-state index >= 15 is 0 Å². The Hall–Kier alpha value is -0.920. The van der Waals surface area contributed by atoms with Gasteiger partial charge in [-0.05, 0) is 0 Å². The van der Waals surface area contributed by atoms with E-state index in [-0.39, 0.29) is 22.4 Å². The van der Waals surface area contributed by atoms with Crippen molar-refractivity contribution >= 4 is 45.2 Å². The van der Waals surface area contributed by atoms with Crippen LogP contribution in [0.2, 0.25) is 10.0 Å². The first-order valence-electron chi connectivity index (χ1n) is 4.84. The molecule has 0 saturated carbocycles.